The van der Waals surface area contributed by atoms with E-state index in [0.29, 0.717) is 23.3 Å². The average molecular weight is 385 g/mol. The maximum Gasteiger partial charge on any atom is 0.248 e. The second kappa shape index (κ2) is 4.51. The van der Waals surface area contributed by atoms with Crippen LogP contribution in [0.4, 0.5) is 8.78 Å². The Hall–Kier alpha value is -0.0400. The molecule has 0 amide bonds. The third-order valence-electron chi connectivity index (χ3n) is 3.59. The van der Waals surface area contributed by atoms with Gasteiger partial charge in [0.2, 0.25) is 5.92 Å². The fourth-order valence-electron chi connectivity index (χ4n) is 2.43. The van der Waals surface area contributed by atoms with Gasteiger partial charge in [-0.1, -0.05) is 11.6 Å². The summed E-state index contributed by atoms with van der Waals surface area (Å²) >= 11 is 8.24. The second-order valence-corrected chi connectivity index (χ2v) is 6.58. The summed E-state index contributed by atoms with van der Waals surface area (Å²) in [5, 5.41) is 0.415. The summed E-state index contributed by atoms with van der Waals surface area (Å²) in [6.07, 6.45) is 2.47. The Bertz CT molecular complexity index is 491. The highest BCUT2D eigenvalue weighted by Crippen LogP contribution is 2.46. The summed E-state index contributed by atoms with van der Waals surface area (Å²) in [7, 11) is 0. The van der Waals surface area contributed by atoms with Crippen LogP contribution >= 0.6 is 34.2 Å². The van der Waals surface area contributed by atoms with Gasteiger partial charge in [0.15, 0.2) is 0 Å². The third kappa shape index (κ3) is 2.48. The van der Waals surface area contributed by atoms with Crippen molar-refractivity contribution in [2.75, 3.05) is 0 Å². The average Bonchev–Trinajstić information content (AvgIpc) is 3.07. The first kappa shape index (κ1) is 13.0. The zero-order valence-corrected chi connectivity index (χ0v) is 12.5. The number of halogens is 4. The summed E-state index contributed by atoms with van der Waals surface area (Å²) < 4.78 is 27.4. The van der Waals surface area contributed by atoms with E-state index < -0.39 is 5.92 Å². The molecule has 2 saturated carbocycles. The van der Waals surface area contributed by atoms with Gasteiger partial charge in [0.1, 0.15) is 11.0 Å². The first-order valence-electron chi connectivity index (χ1n) is 6.07. The lowest BCUT2D eigenvalue weighted by molar-refractivity contribution is 0.00753. The van der Waals surface area contributed by atoms with Gasteiger partial charge in [-0.2, -0.15) is 0 Å². The Morgan fingerprint density at radius 1 is 1.17 bits per heavy atom. The fourth-order valence-corrected chi connectivity index (χ4v) is 3.30. The van der Waals surface area contributed by atoms with Crippen molar-refractivity contribution >= 4 is 34.2 Å². The molecule has 1 atom stereocenters. The van der Waals surface area contributed by atoms with Crippen LogP contribution in [0.1, 0.15) is 55.5 Å². The molecule has 1 aromatic rings. The van der Waals surface area contributed by atoms with Crippen molar-refractivity contribution in [3.05, 3.63) is 20.2 Å². The van der Waals surface area contributed by atoms with Crippen molar-refractivity contribution < 1.29 is 8.78 Å². The molecule has 3 rings (SSSR count). The summed E-state index contributed by atoms with van der Waals surface area (Å²) in [5.74, 6) is -1.84. The first-order chi connectivity index (χ1) is 8.46. The van der Waals surface area contributed by atoms with Gasteiger partial charge in [0.05, 0.1) is 9.26 Å². The number of nitrogens with zero attached hydrogens (tertiary/aromatic N) is 2. The molecule has 6 heteroatoms. The summed E-state index contributed by atoms with van der Waals surface area (Å²) in [5.41, 5.74) is 0.959. The number of hydrogen-bond acceptors (Lipinski definition) is 2. The van der Waals surface area contributed by atoms with E-state index in [1.54, 1.807) is 0 Å². The van der Waals surface area contributed by atoms with Crippen LogP contribution < -0.4 is 0 Å². The van der Waals surface area contributed by atoms with Crippen LogP contribution in [0.2, 0.25) is 5.15 Å². The van der Waals surface area contributed by atoms with Gasteiger partial charge in [-0.25, -0.2) is 18.7 Å². The molecule has 0 saturated heterocycles. The van der Waals surface area contributed by atoms with Crippen LogP contribution in [0.3, 0.4) is 0 Å². The van der Waals surface area contributed by atoms with Gasteiger partial charge in [-0.3, -0.25) is 0 Å². The largest absolute Gasteiger partial charge is 0.248 e. The molecule has 2 fully saturated rings. The molecule has 1 heterocycles. The van der Waals surface area contributed by atoms with E-state index in [-0.39, 0.29) is 18.8 Å². The molecular formula is C12H12ClF2IN2. The number of alkyl halides is 2. The van der Waals surface area contributed by atoms with Gasteiger partial charge in [0.25, 0.3) is 0 Å². The highest BCUT2D eigenvalue weighted by atomic mass is 127. The van der Waals surface area contributed by atoms with Crippen LogP contribution in [0.15, 0.2) is 0 Å². The standard InChI is InChI=1S/C12H12ClF2IN2/c13-10-8(16)9(6-1-2-6)17-11(18-10)7-3-4-12(14,15)5-7/h6-7H,1-5H2. The molecule has 0 spiro atoms. The van der Waals surface area contributed by atoms with Crippen LogP contribution in [0.25, 0.3) is 0 Å². The summed E-state index contributed by atoms with van der Waals surface area (Å²) in [6, 6.07) is 0. The molecule has 2 aliphatic rings. The van der Waals surface area contributed by atoms with E-state index in [0.717, 1.165) is 22.1 Å². The molecule has 0 aromatic carbocycles. The van der Waals surface area contributed by atoms with Crippen molar-refractivity contribution in [3.63, 3.8) is 0 Å². The van der Waals surface area contributed by atoms with Gasteiger partial charge in [-0.05, 0) is 41.9 Å². The molecule has 2 aliphatic carbocycles. The van der Waals surface area contributed by atoms with Crippen LogP contribution in [-0.4, -0.2) is 15.9 Å². The molecule has 1 aromatic heterocycles. The lowest BCUT2D eigenvalue weighted by Crippen LogP contribution is -2.11. The van der Waals surface area contributed by atoms with E-state index in [2.05, 4.69) is 32.6 Å². The second-order valence-electron chi connectivity index (χ2n) is 5.14. The zero-order chi connectivity index (χ0) is 12.9. The van der Waals surface area contributed by atoms with E-state index in [4.69, 9.17) is 11.6 Å². The Balaban J connectivity index is 1.93. The number of hydrogen-bond donors (Lipinski definition) is 0. The fraction of sp³-hybridized carbons (Fsp3) is 0.667. The Kier molecular flexibility index (Phi) is 3.25. The maximum atomic E-state index is 13.2. The minimum Gasteiger partial charge on any atom is -0.236 e. The van der Waals surface area contributed by atoms with Gasteiger partial charge in [0, 0.05) is 24.7 Å². The number of aromatic nitrogens is 2. The quantitative estimate of drug-likeness (QED) is 0.554. The highest BCUT2D eigenvalue weighted by Gasteiger charge is 2.42. The van der Waals surface area contributed by atoms with Crippen LogP contribution in [0, 0.1) is 3.57 Å². The topological polar surface area (TPSA) is 25.8 Å². The van der Waals surface area contributed by atoms with Crippen molar-refractivity contribution in [3.8, 4) is 0 Å². The van der Waals surface area contributed by atoms with Crippen LogP contribution in [0.5, 0.6) is 0 Å². The number of rotatable bonds is 2. The zero-order valence-electron chi connectivity index (χ0n) is 9.60. The van der Waals surface area contributed by atoms with Gasteiger partial charge >= 0.3 is 0 Å². The molecule has 0 aliphatic heterocycles. The van der Waals surface area contributed by atoms with Crippen molar-refractivity contribution in [2.24, 2.45) is 0 Å². The predicted molar refractivity (Wildman–Crippen MR) is 73.3 cm³/mol. The summed E-state index contributed by atoms with van der Waals surface area (Å²) in [6.45, 7) is 0. The molecule has 2 nitrogen and oxygen atoms in total. The molecule has 18 heavy (non-hydrogen) atoms. The molecule has 1 unspecified atom stereocenters. The molecular weight excluding hydrogens is 372 g/mol. The van der Waals surface area contributed by atoms with Crippen molar-refractivity contribution in [1.29, 1.82) is 0 Å². The lowest BCUT2D eigenvalue weighted by Gasteiger charge is -2.12. The molecule has 0 bridgehead atoms. The minimum atomic E-state index is -2.57. The van der Waals surface area contributed by atoms with Crippen LogP contribution in [-0.2, 0) is 0 Å². The lowest BCUT2D eigenvalue weighted by atomic mass is 10.1. The van der Waals surface area contributed by atoms with E-state index in [1.165, 1.54) is 0 Å². The summed E-state index contributed by atoms with van der Waals surface area (Å²) in [4.78, 5) is 8.71. The minimum absolute atomic E-state index is 0.0661. The van der Waals surface area contributed by atoms with E-state index in [1.807, 2.05) is 0 Å². The maximum absolute atomic E-state index is 13.2. The Labute approximate surface area is 123 Å². The van der Waals surface area contributed by atoms with Crippen molar-refractivity contribution in [2.45, 2.75) is 49.9 Å². The smallest absolute Gasteiger partial charge is 0.236 e. The van der Waals surface area contributed by atoms with E-state index in [9.17, 15) is 8.78 Å². The van der Waals surface area contributed by atoms with E-state index >= 15 is 0 Å². The molecule has 98 valence electrons. The monoisotopic (exact) mass is 384 g/mol. The normalized spacial score (nSPS) is 26.6. The van der Waals surface area contributed by atoms with Crippen molar-refractivity contribution in [1.82, 2.24) is 9.97 Å². The Morgan fingerprint density at radius 3 is 2.44 bits per heavy atom. The SMILES string of the molecule is FC1(F)CCC(c2nc(Cl)c(I)c(C3CC3)n2)C1. The predicted octanol–water partition coefficient (Wildman–Crippen LogP) is 4.51. The molecule has 0 N–H and O–H groups in total. The third-order valence-corrected chi connectivity index (χ3v) is 5.24. The van der Waals surface area contributed by atoms with Gasteiger partial charge in [-0.15, -0.1) is 0 Å². The first-order valence-corrected chi connectivity index (χ1v) is 7.52. The molecule has 0 radical (unpaired) electrons. The van der Waals surface area contributed by atoms with Gasteiger partial charge < -0.3 is 0 Å². The Morgan fingerprint density at radius 2 is 1.89 bits per heavy atom. The highest BCUT2D eigenvalue weighted by molar-refractivity contribution is 14.1.